The van der Waals surface area contributed by atoms with Crippen molar-refractivity contribution >= 4 is 5.97 Å². The maximum Gasteiger partial charge on any atom is 0.308 e. The van der Waals surface area contributed by atoms with Gasteiger partial charge in [-0.3, -0.25) is 4.79 Å². The van der Waals surface area contributed by atoms with Crippen molar-refractivity contribution in [3.05, 3.63) is 0 Å². The second-order valence-electron chi connectivity index (χ2n) is 11.5. The van der Waals surface area contributed by atoms with Gasteiger partial charge in [-0.05, 0) is 32.1 Å². The van der Waals surface area contributed by atoms with Crippen LogP contribution in [0.5, 0.6) is 0 Å². The molecule has 4 bridgehead atoms. The molecule has 9 nitrogen and oxygen atoms in total. The van der Waals surface area contributed by atoms with E-state index in [1.54, 1.807) is 0 Å². The van der Waals surface area contributed by atoms with Gasteiger partial charge in [-0.2, -0.15) is 0 Å². The number of hydrogen-bond acceptors (Lipinski definition) is 9. The predicted octanol–water partition coefficient (Wildman–Crippen LogP) is 1.41. The number of rotatable bonds is 4. The van der Waals surface area contributed by atoms with E-state index >= 15 is 0 Å². The van der Waals surface area contributed by atoms with Gasteiger partial charge >= 0.3 is 5.97 Å². The fraction of sp³-hybridized carbons (Fsp3) is 0.960. The van der Waals surface area contributed by atoms with E-state index in [0.717, 1.165) is 57.8 Å². The smallest absolute Gasteiger partial charge is 0.308 e. The minimum atomic E-state index is -0.195. The van der Waals surface area contributed by atoms with Crippen LogP contribution >= 0.6 is 0 Å². The lowest BCUT2D eigenvalue weighted by atomic mass is 9.78. The standard InChI is InChI=1S/C13H18O5.C12H18O4/c1-15-11(14)4-7-2-3-10-13(18-7)5-8(16-10)12-9(6-13)17-12;13-4-3-7-1-2-10-12(16-7)5-8(14-10)11-9(6-12)15-11/h7-10,12H,2-6H2,1H3;7-11,13H,1-6H2/t7-,8-,9-,10+,12+,13-;7-,8-,9-,10+,11+,12-/m11/s1. The van der Waals surface area contributed by atoms with Crippen LogP contribution in [0.4, 0.5) is 0 Å². The number of aliphatic hydroxyl groups is 1. The molecule has 2 aliphatic carbocycles. The first-order chi connectivity index (χ1) is 16.5. The third-order valence-corrected chi connectivity index (χ3v) is 9.39. The monoisotopic (exact) mass is 480 g/mol. The van der Waals surface area contributed by atoms with Crippen LogP contribution in [-0.4, -0.2) is 97.0 Å². The van der Waals surface area contributed by atoms with Crippen molar-refractivity contribution in [2.75, 3.05) is 13.7 Å². The Kier molecular flexibility index (Phi) is 5.33. The highest BCUT2D eigenvalue weighted by atomic mass is 16.7. The van der Waals surface area contributed by atoms with Crippen LogP contribution in [0.1, 0.15) is 64.2 Å². The fourth-order valence-electron chi connectivity index (χ4n) is 7.73. The Hall–Kier alpha value is -0.810. The molecule has 8 rings (SSSR count). The summed E-state index contributed by atoms with van der Waals surface area (Å²) in [4.78, 5) is 11.4. The van der Waals surface area contributed by atoms with E-state index < -0.39 is 0 Å². The lowest BCUT2D eigenvalue weighted by molar-refractivity contribution is -0.178. The van der Waals surface area contributed by atoms with Crippen LogP contribution in [0.15, 0.2) is 0 Å². The van der Waals surface area contributed by atoms with E-state index in [1.807, 2.05) is 0 Å². The van der Waals surface area contributed by atoms with Crippen LogP contribution in [-0.2, 0) is 38.0 Å². The molecule has 6 heterocycles. The Labute approximate surface area is 199 Å². The number of epoxide rings is 2. The zero-order chi connectivity index (χ0) is 23.1. The van der Waals surface area contributed by atoms with Crippen molar-refractivity contribution in [3.8, 4) is 0 Å². The van der Waals surface area contributed by atoms with E-state index in [-0.39, 0.29) is 60.4 Å². The Morgan fingerprint density at radius 3 is 1.82 bits per heavy atom. The topological polar surface area (TPSA) is 109 Å². The van der Waals surface area contributed by atoms with Gasteiger partial charge in [0, 0.05) is 32.3 Å². The second-order valence-corrected chi connectivity index (χ2v) is 11.5. The number of carbonyl (C=O) groups is 1. The largest absolute Gasteiger partial charge is 0.469 e. The summed E-state index contributed by atoms with van der Waals surface area (Å²) in [5.74, 6) is -0.193. The van der Waals surface area contributed by atoms with Crippen LogP contribution in [0.3, 0.4) is 0 Å². The van der Waals surface area contributed by atoms with Crippen molar-refractivity contribution in [2.24, 2.45) is 0 Å². The zero-order valence-electron chi connectivity index (χ0n) is 19.8. The van der Waals surface area contributed by atoms with Gasteiger partial charge < -0.3 is 38.3 Å². The number of fused-ring (bicyclic) bond motifs is 6. The maximum atomic E-state index is 11.4. The summed E-state index contributed by atoms with van der Waals surface area (Å²) in [7, 11) is 1.42. The van der Waals surface area contributed by atoms with Crippen molar-refractivity contribution in [1.82, 2.24) is 0 Å². The Balaban J connectivity index is 0.000000118. The third-order valence-electron chi connectivity index (χ3n) is 9.39. The van der Waals surface area contributed by atoms with Gasteiger partial charge in [-0.25, -0.2) is 0 Å². The lowest BCUT2D eigenvalue weighted by Gasteiger charge is -2.42. The first kappa shape index (κ1) is 22.4. The van der Waals surface area contributed by atoms with E-state index in [1.165, 1.54) is 7.11 Å². The van der Waals surface area contributed by atoms with E-state index in [9.17, 15) is 4.79 Å². The molecule has 8 aliphatic rings. The molecule has 2 saturated carbocycles. The van der Waals surface area contributed by atoms with Crippen molar-refractivity contribution in [2.45, 2.75) is 136 Å². The molecule has 6 saturated heterocycles. The number of hydrogen-bond donors (Lipinski definition) is 1. The maximum absolute atomic E-state index is 11.4. The van der Waals surface area contributed by atoms with Gasteiger partial charge in [-0.15, -0.1) is 0 Å². The average Bonchev–Trinajstić information content (AvgIpc) is 3.70. The number of aliphatic hydroxyl groups excluding tert-OH is 1. The third kappa shape index (κ3) is 3.66. The minimum absolute atomic E-state index is 0.0219. The first-order valence-corrected chi connectivity index (χ1v) is 13.2. The fourth-order valence-corrected chi connectivity index (χ4v) is 7.73. The SMILES string of the molecule is COC(=O)C[C@H]1CC[C@@H]2O[C@@H]3C[C@]2(C[C@H]2O[C@H]23)O1.OCC[C@H]1CC[C@@H]2O[C@@H]3C[C@]2(C[C@H]2O[C@H]23)O1. The summed E-state index contributed by atoms with van der Waals surface area (Å²) in [6.07, 6.45) is 11.5. The van der Waals surface area contributed by atoms with E-state index in [0.29, 0.717) is 30.8 Å². The Morgan fingerprint density at radius 2 is 1.29 bits per heavy atom. The molecule has 2 spiro atoms. The number of carbonyl (C=O) groups excluding carboxylic acids is 1. The molecule has 8 fully saturated rings. The normalized spacial score (nSPS) is 55.0. The number of methoxy groups -OCH3 is 1. The molecule has 6 aliphatic heterocycles. The summed E-state index contributed by atoms with van der Waals surface area (Å²) < 4.78 is 40.5. The number of esters is 1. The second kappa shape index (κ2) is 8.10. The highest BCUT2D eigenvalue weighted by Crippen LogP contribution is 2.56. The molecule has 0 radical (unpaired) electrons. The Morgan fingerprint density at radius 1 is 0.794 bits per heavy atom. The quantitative estimate of drug-likeness (QED) is 0.472. The zero-order valence-corrected chi connectivity index (χ0v) is 19.8. The van der Waals surface area contributed by atoms with E-state index in [2.05, 4.69) is 0 Å². The molecule has 0 aromatic carbocycles. The predicted molar refractivity (Wildman–Crippen MR) is 115 cm³/mol. The van der Waals surface area contributed by atoms with Crippen LogP contribution < -0.4 is 0 Å². The molecule has 12 atom stereocenters. The van der Waals surface area contributed by atoms with Gasteiger partial charge in [0.2, 0.25) is 0 Å². The molecule has 9 heteroatoms. The lowest BCUT2D eigenvalue weighted by Crippen LogP contribution is -2.50. The van der Waals surface area contributed by atoms with Crippen molar-refractivity contribution in [1.29, 1.82) is 0 Å². The van der Waals surface area contributed by atoms with Gasteiger partial charge in [-0.1, -0.05) is 0 Å². The van der Waals surface area contributed by atoms with Gasteiger partial charge in [0.05, 0.1) is 73.6 Å². The summed E-state index contributed by atoms with van der Waals surface area (Å²) in [5.41, 5.74) is -0.278. The highest BCUT2D eigenvalue weighted by Gasteiger charge is 2.67. The minimum Gasteiger partial charge on any atom is -0.469 e. The highest BCUT2D eigenvalue weighted by molar-refractivity contribution is 5.69. The van der Waals surface area contributed by atoms with Crippen LogP contribution in [0, 0.1) is 0 Å². The van der Waals surface area contributed by atoms with Crippen LogP contribution in [0.25, 0.3) is 0 Å². The molecule has 0 aromatic heterocycles. The summed E-state index contributed by atoms with van der Waals surface area (Å²) >= 11 is 0. The summed E-state index contributed by atoms with van der Waals surface area (Å²) in [6.45, 7) is 0.220. The van der Waals surface area contributed by atoms with Crippen molar-refractivity contribution in [3.63, 3.8) is 0 Å². The van der Waals surface area contributed by atoms with Gasteiger partial charge in [0.15, 0.2) is 0 Å². The van der Waals surface area contributed by atoms with Gasteiger partial charge in [0.1, 0.15) is 12.2 Å². The average molecular weight is 481 g/mol. The Bertz CT molecular complexity index is 814. The molecule has 0 unspecified atom stereocenters. The summed E-state index contributed by atoms with van der Waals surface area (Å²) in [5, 5.41) is 9.01. The molecule has 190 valence electrons. The van der Waals surface area contributed by atoms with Crippen LogP contribution in [0.2, 0.25) is 0 Å². The number of ether oxygens (including phenoxy) is 7. The van der Waals surface area contributed by atoms with Crippen molar-refractivity contribution < 1.29 is 43.1 Å². The molecule has 34 heavy (non-hydrogen) atoms. The molecule has 0 amide bonds. The summed E-state index contributed by atoms with van der Waals surface area (Å²) in [6, 6.07) is 0. The molecule has 1 N–H and O–H groups in total. The van der Waals surface area contributed by atoms with Gasteiger partial charge in [0.25, 0.3) is 0 Å². The molecule has 0 aromatic rings. The molecular formula is C25H36O9. The van der Waals surface area contributed by atoms with E-state index in [4.69, 9.17) is 38.3 Å². The molecular weight excluding hydrogens is 444 g/mol. The first-order valence-electron chi connectivity index (χ1n) is 13.2.